The predicted octanol–water partition coefficient (Wildman–Crippen LogP) is 4.39. The molecule has 1 aliphatic carbocycles. The Labute approximate surface area is 166 Å². The van der Waals surface area contributed by atoms with E-state index in [9.17, 15) is 10.1 Å². The van der Waals surface area contributed by atoms with Crippen molar-refractivity contribution in [2.45, 2.75) is 37.0 Å². The number of amides is 1. The van der Waals surface area contributed by atoms with E-state index in [0.29, 0.717) is 23.8 Å². The third kappa shape index (κ3) is 4.07. The lowest BCUT2D eigenvalue weighted by atomic mass is 9.96. The van der Waals surface area contributed by atoms with E-state index in [2.05, 4.69) is 11.4 Å². The SMILES string of the molecule is N#Cc1c(NC(=O)CSc2ccc3c(c2)OCCCO3)sc2c1CCCC2. The number of thioether (sulfide) groups is 1. The monoisotopic (exact) mass is 400 g/mol. The first-order chi connectivity index (χ1) is 13.2. The van der Waals surface area contributed by atoms with Crippen LogP contribution in [-0.2, 0) is 17.6 Å². The van der Waals surface area contributed by atoms with Crippen LogP contribution in [0.4, 0.5) is 5.00 Å². The summed E-state index contributed by atoms with van der Waals surface area (Å²) < 4.78 is 11.3. The van der Waals surface area contributed by atoms with Crippen molar-refractivity contribution in [1.29, 1.82) is 5.26 Å². The first-order valence-electron chi connectivity index (χ1n) is 9.11. The van der Waals surface area contributed by atoms with Gasteiger partial charge in [-0.1, -0.05) is 0 Å². The predicted molar refractivity (Wildman–Crippen MR) is 107 cm³/mol. The highest BCUT2D eigenvalue weighted by molar-refractivity contribution is 8.00. The Kier molecular flexibility index (Phi) is 5.55. The third-order valence-corrected chi connectivity index (χ3v) is 6.83. The number of carbonyl (C=O) groups is 1. The van der Waals surface area contributed by atoms with Crippen molar-refractivity contribution in [2.75, 3.05) is 24.3 Å². The number of fused-ring (bicyclic) bond motifs is 2. The minimum Gasteiger partial charge on any atom is -0.490 e. The van der Waals surface area contributed by atoms with Gasteiger partial charge in [0.15, 0.2) is 11.5 Å². The molecule has 1 aromatic heterocycles. The van der Waals surface area contributed by atoms with Crippen LogP contribution in [0.15, 0.2) is 23.1 Å². The van der Waals surface area contributed by atoms with Crippen molar-refractivity contribution < 1.29 is 14.3 Å². The van der Waals surface area contributed by atoms with E-state index in [1.165, 1.54) is 16.6 Å². The van der Waals surface area contributed by atoms with Crippen LogP contribution in [0.3, 0.4) is 0 Å². The number of rotatable bonds is 4. The number of hydrogen-bond donors (Lipinski definition) is 1. The molecule has 1 N–H and O–H groups in total. The molecule has 5 nitrogen and oxygen atoms in total. The van der Waals surface area contributed by atoms with Crippen molar-refractivity contribution >= 4 is 34.0 Å². The van der Waals surface area contributed by atoms with Crippen LogP contribution < -0.4 is 14.8 Å². The highest BCUT2D eigenvalue weighted by Crippen LogP contribution is 2.38. The van der Waals surface area contributed by atoms with Crippen LogP contribution in [0.25, 0.3) is 0 Å². The molecule has 0 radical (unpaired) electrons. The zero-order valence-electron chi connectivity index (χ0n) is 14.9. The molecule has 0 fully saturated rings. The maximum atomic E-state index is 12.4. The fourth-order valence-corrected chi connectivity index (χ4v) is 5.30. The normalized spacial score (nSPS) is 15.4. The van der Waals surface area contributed by atoms with Gasteiger partial charge in [-0.15, -0.1) is 23.1 Å². The fraction of sp³-hybridized carbons (Fsp3) is 0.400. The minimum absolute atomic E-state index is 0.0952. The molecule has 0 spiro atoms. The number of ether oxygens (including phenoxy) is 2. The van der Waals surface area contributed by atoms with Crippen LogP contribution in [0.2, 0.25) is 0 Å². The fourth-order valence-electron chi connectivity index (χ4n) is 3.32. The lowest BCUT2D eigenvalue weighted by molar-refractivity contribution is -0.113. The molecule has 2 aromatic rings. The van der Waals surface area contributed by atoms with Crippen molar-refractivity contribution in [3.8, 4) is 17.6 Å². The molecule has 2 heterocycles. The molecule has 27 heavy (non-hydrogen) atoms. The number of thiophene rings is 1. The lowest BCUT2D eigenvalue weighted by Gasteiger charge is -2.09. The summed E-state index contributed by atoms with van der Waals surface area (Å²) in [7, 11) is 0. The quantitative estimate of drug-likeness (QED) is 0.771. The van der Waals surface area contributed by atoms with Gasteiger partial charge >= 0.3 is 0 Å². The average molecular weight is 401 g/mol. The van der Waals surface area contributed by atoms with Gasteiger partial charge in [-0.05, 0) is 49.4 Å². The Bertz CT molecular complexity index is 901. The van der Waals surface area contributed by atoms with E-state index in [0.717, 1.165) is 54.1 Å². The number of nitriles is 1. The molecule has 4 rings (SSSR count). The van der Waals surface area contributed by atoms with Gasteiger partial charge in [0.1, 0.15) is 11.1 Å². The molecule has 7 heteroatoms. The van der Waals surface area contributed by atoms with E-state index in [1.54, 1.807) is 11.3 Å². The van der Waals surface area contributed by atoms with Crippen LogP contribution in [0.1, 0.15) is 35.3 Å². The summed E-state index contributed by atoms with van der Waals surface area (Å²) in [5.74, 6) is 1.68. The second-order valence-corrected chi connectivity index (χ2v) is 8.68. The van der Waals surface area contributed by atoms with Crippen LogP contribution >= 0.6 is 23.1 Å². The number of carbonyl (C=O) groups excluding carboxylic acids is 1. The highest BCUT2D eigenvalue weighted by atomic mass is 32.2. The summed E-state index contributed by atoms with van der Waals surface area (Å²) in [6.45, 7) is 1.30. The largest absolute Gasteiger partial charge is 0.490 e. The smallest absolute Gasteiger partial charge is 0.235 e. The molecule has 0 saturated carbocycles. The third-order valence-electron chi connectivity index (χ3n) is 4.62. The van der Waals surface area contributed by atoms with Crippen LogP contribution in [0.5, 0.6) is 11.5 Å². The van der Waals surface area contributed by atoms with Gasteiger partial charge in [0.05, 0.1) is 24.5 Å². The van der Waals surface area contributed by atoms with Gasteiger partial charge < -0.3 is 14.8 Å². The second kappa shape index (κ2) is 8.24. The number of hydrogen-bond acceptors (Lipinski definition) is 6. The summed E-state index contributed by atoms with van der Waals surface area (Å²) in [6.07, 6.45) is 5.09. The topological polar surface area (TPSA) is 71.4 Å². The first-order valence-corrected chi connectivity index (χ1v) is 10.9. The Balaban J connectivity index is 1.40. The molecule has 140 valence electrons. The van der Waals surface area contributed by atoms with Crippen molar-refractivity contribution in [3.05, 3.63) is 34.2 Å². The molecule has 1 aliphatic heterocycles. The second-order valence-electron chi connectivity index (χ2n) is 6.52. The number of anilines is 1. The first kappa shape index (κ1) is 18.2. The van der Waals surface area contributed by atoms with Crippen LogP contribution in [-0.4, -0.2) is 24.9 Å². The summed E-state index contributed by atoms with van der Waals surface area (Å²) >= 11 is 3.01. The zero-order chi connectivity index (χ0) is 18.6. The lowest BCUT2D eigenvalue weighted by Crippen LogP contribution is -2.14. The summed E-state index contributed by atoms with van der Waals surface area (Å²) in [5.41, 5.74) is 1.79. The highest BCUT2D eigenvalue weighted by Gasteiger charge is 2.21. The Morgan fingerprint density at radius 3 is 2.85 bits per heavy atom. The van der Waals surface area contributed by atoms with Gasteiger partial charge in [-0.3, -0.25) is 4.79 Å². The molecule has 0 saturated heterocycles. The number of aryl methyl sites for hydroxylation is 1. The van der Waals surface area contributed by atoms with E-state index < -0.39 is 0 Å². The van der Waals surface area contributed by atoms with E-state index in [-0.39, 0.29) is 11.7 Å². The Hall–Kier alpha value is -2.17. The summed E-state index contributed by atoms with van der Waals surface area (Å²) in [5, 5.41) is 13.1. The Morgan fingerprint density at radius 1 is 1.19 bits per heavy atom. The average Bonchev–Trinajstić information content (AvgIpc) is 2.86. The molecule has 1 amide bonds. The molecule has 0 bridgehead atoms. The summed E-state index contributed by atoms with van der Waals surface area (Å²) in [6, 6.07) is 8.03. The van der Waals surface area contributed by atoms with Gasteiger partial charge in [-0.25, -0.2) is 0 Å². The van der Waals surface area contributed by atoms with Crippen LogP contribution in [0, 0.1) is 11.3 Å². The molecule has 0 unspecified atom stereocenters. The molecule has 2 aliphatic rings. The number of benzene rings is 1. The van der Waals surface area contributed by atoms with Crippen molar-refractivity contribution in [1.82, 2.24) is 0 Å². The molecule has 1 aromatic carbocycles. The van der Waals surface area contributed by atoms with Gasteiger partial charge in [0, 0.05) is 16.2 Å². The van der Waals surface area contributed by atoms with E-state index in [4.69, 9.17) is 9.47 Å². The standard InChI is InChI=1S/C20H20N2O3S2/c21-11-15-14-4-1-2-5-18(14)27-20(15)22-19(23)12-26-13-6-7-16-17(10-13)25-9-3-8-24-16/h6-7,10H,1-5,8-9,12H2,(H,22,23). The van der Waals surface area contributed by atoms with Crippen molar-refractivity contribution in [3.63, 3.8) is 0 Å². The van der Waals surface area contributed by atoms with Crippen molar-refractivity contribution in [2.24, 2.45) is 0 Å². The molecular weight excluding hydrogens is 380 g/mol. The number of nitrogens with one attached hydrogen (secondary N) is 1. The maximum absolute atomic E-state index is 12.4. The maximum Gasteiger partial charge on any atom is 0.235 e. The van der Waals surface area contributed by atoms with Gasteiger partial charge in [0.2, 0.25) is 5.91 Å². The Morgan fingerprint density at radius 2 is 2.00 bits per heavy atom. The van der Waals surface area contributed by atoms with Gasteiger partial charge in [0.25, 0.3) is 0 Å². The minimum atomic E-state index is -0.0952. The van der Waals surface area contributed by atoms with E-state index >= 15 is 0 Å². The van der Waals surface area contributed by atoms with E-state index in [1.807, 2.05) is 18.2 Å². The molecular formula is C20H20N2O3S2. The zero-order valence-corrected chi connectivity index (χ0v) is 16.5. The summed E-state index contributed by atoms with van der Waals surface area (Å²) in [4.78, 5) is 14.6. The molecule has 0 atom stereocenters. The van der Waals surface area contributed by atoms with Gasteiger partial charge in [-0.2, -0.15) is 5.26 Å². The number of nitrogens with zero attached hydrogens (tertiary/aromatic N) is 1.